The van der Waals surface area contributed by atoms with Crippen LogP contribution in [0.25, 0.3) is 107 Å². The van der Waals surface area contributed by atoms with Crippen molar-refractivity contribution in [1.82, 2.24) is 4.57 Å². The topological polar surface area (TPSA) is 40.8 Å². The highest BCUT2D eigenvalue weighted by molar-refractivity contribution is 7.27. The Kier molecular flexibility index (Phi) is 6.86. The largest absolute Gasteiger partial charge is 0.354 e. The van der Waals surface area contributed by atoms with Crippen molar-refractivity contribution in [2.24, 2.45) is 0 Å². The molecule has 1 N–H and O–H groups in total. The molecule has 10 aromatic carbocycles. The molecule has 0 aliphatic heterocycles. The number of hydrogen-bond donors (Lipinski definition) is 1. The van der Waals surface area contributed by atoms with Gasteiger partial charge in [-0.15, -0.1) is 11.3 Å². The van der Waals surface area contributed by atoms with Gasteiger partial charge in [-0.2, -0.15) is 5.26 Å². The lowest BCUT2D eigenvalue weighted by Gasteiger charge is -2.18. The molecule has 0 unspecified atom stereocenters. The monoisotopic (exact) mass is 741 g/mol. The summed E-state index contributed by atoms with van der Waals surface area (Å²) >= 11 is 1.92. The number of hydrogen-bond acceptors (Lipinski definition) is 3. The third kappa shape index (κ3) is 4.64. The molecule has 0 radical (unpaired) electrons. The molecule has 0 saturated heterocycles. The minimum absolute atomic E-state index is 0.762. The van der Waals surface area contributed by atoms with E-state index >= 15 is 0 Å². The second-order valence-electron chi connectivity index (χ2n) is 14.8. The van der Waals surface area contributed by atoms with Crippen LogP contribution >= 0.6 is 11.3 Å². The molecule has 0 bridgehead atoms. The molecule has 4 heteroatoms. The summed E-state index contributed by atoms with van der Waals surface area (Å²) in [5.41, 5.74) is 6.16. The van der Waals surface area contributed by atoms with Crippen LogP contribution in [0.5, 0.6) is 0 Å². The van der Waals surface area contributed by atoms with Gasteiger partial charge in [0.25, 0.3) is 0 Å². The summed E-state index contributed by atoms with van der Waals surface area (Å²) in [6.07, 6.45) is 1.63. The summed E-state index contributed by atoms with van der Waals surface area (Å²) < 4.78 is 5.15. The maximum Gasteiger partial charge on any atom is 0.0934 e. The summed E-state index contributed by atoms with van der Waals surface area (Å²) in [5.74, 6) is 0. The van der Waals surface area contributed by atoms with E-state index in [4.69, 9.17) is 0 Å². The molecule has 0 saturated carbocycles. The van der Waals surface area contributed by atoms with Gasteiger partial charge in [0.1, 0.15) is 0 Å². The Morgan fingerprint density at radius 2 is 1.12 bits per heavy atom. The van der Waals surface area contributed by atoms with E-state index in [2.05, 4.69) is 162 Å². The summed E-state index contributed by atoms with van der Waals surface area (Å²) in [6, 6.07) is 65.8. The molecule has 0 atom stereocenters. The van der Waals surface area contributed by atoms with Crippen LogP contribution in [-0.4, -0.2) is 4.57 Å². The zero-order valence-corrected chi connectivity index (χ0v) is 31.4. The number of nitriles is 1. The van der Waals surface area contributed by atoms with Crippen molar-refractivity contribution in [3.8, 4) is 11.8 Å². The van der Waals surface area contributed by atoms with E-state index < -0.39 is 0 Å². The molecule has 264 valence electrons. The van der Waals surface area contributed by atoms with Crippen molar-refractivity contribution in [2.75, 3.05) is 5.32 Å². The van der Waals surface area contributed by atoms with Crippen molar-refractivity contribution in [3.05, 3.63) is 188 Å². The Morgan fingerprint density at radius 3 is 1.93 bits per heavy atom. The van der Waals surface area contributed by atoms with E-state index in [1.165, 1.54) is 79.7 Å². The van der Waals surface area contributed by atoms with E-state index in [-0.39, 0.29) is 0 Å². The molecule has 12 aromatic rings. The maximum atomic E-state index is 10.1. The number of para-hydroxylation sites is 2. The predicted molar refractivity (Wildman–Crippen MR) is 245 cm³/mol. The molecular formula is C53H31N3S. The number of aromatic nitrogens is 1. The Bertz CT molecular complexity index is 3730. The van der Waals surface area contributed by atoms with Crippen LogP contribution in [0.4, 0.5) is 5.69 Å². The highest BCUT2D eigenvalue weighted by Crippen LogP contribution is 2.49. The molecular weight excluding hydrogens is 711 g/mol. The van der Waals surface area contributed by atoms with Crippen molar-refractivity contribution in [3.63, 3.8) is 0 Å². The van der Waals surface area contributed by atoms with Gasteiger partial charge < -0.3 is 9.88 Å². The summed E-state index contributed by atoms with van der Waals surface area (Å²) in [7, 11) is 0. The normalized spacial score (nSPS) is 12.3. The van der Waals surface area contributed by atoms with Gasteiger partial charge in [-0.05, 0) is 79.5 Å². The molecule has 0 spiro atoms. The third-order valence-electron chi connectivity index (χ3n) is 11.8. The number of thiophene rings is 1. The SMILES string of the molecule is N#C/C=C(\Nc1ccccc1)c1cc2c3ccccc3ccc2c2cc(-n3c4ccccc4c4c5c6ccc7ccccc7c6sc5c5ccccc5c43)ccc12. The van der Waals surface area contributed by atoms with E-state index in [0.717, 1.165) is 38.8 Å². The van der Waals surface area contributed by atoms with Crippen molar-refractivity contribution in [2.45, 2.75) is 0 Å². The van der Waals surface area contributed by atoms with Crippen molar-refractivity contribution < 1.29 is 0 Å². The minimum atomic E-state index is 0.762. The van der Waals surface area contributed by atoms with Crippen LogP contribution in [0.2, 0.25) is 0 Å². The molecule has 0 fully saturated rings. The number of nitrogens with one attached hydrogen (secondary N) is 1. The highest BCUT2D eigenvalue weighted by atomic mass is 32.1. The highest BCUT2D eigenvalue weighted by Gasteiger charge is 2.23. The first kappa shape index (κ1) is 31.9. The van der Waals surface area contributed by atoms with Crippen LogP contribution in [0.15, 0.2) is 182 Å². The van der Waals surface area contributed by atoms with Gasteiger partial charge in [-0.1, -0.05) is 140 Å². The lowest BCUT2D eigenvalue weighted by Crippen LogP contribution is -2.01. The van der Waals surface area contributed by atoms with Gasteiger partial charge in [-0.3, -0.25) is 0 Å². The van der Waals surface area contributed by atoms with Gasteiger partial charge in [0, 0.05) is 64.7 Å². The lowest BCUT2D eigenvalue weighted by atomic mass is 9.92. The van der Waals surface area contributed by atoms with Crippen LogP contribution in [0.1, 0.15) is 5.56 Å². The molecule has 0 aliphatic rings. The van der Waals surface area contributed by atoms with E-state index in [1.807, 2.05) is 41.7 Å². The van der Waals surface area contributed by atoms with Gasteiger partial charge in [0.2, 0.25) is 0 Å². The van der Waals surface area contributed by atoms with Crippen LogP contribution in [0, 0.1) is 11.3 Å². The maximum absolute atomic E-state index is 10.1. The number of anilines is 1. The molecule has 2 aromatic heterocycles. The van der Waals surface area contributed by atoms with Crippen molar-refractivity contribution in [1.29, 1.82) is 5.26 Å². The lowest BCUT2D eigenvalue weighted by molar-refractivity contribution is 1.19. The summed E-state index contributed by atoms with van der Waals surface area (Å²) in [6.45, 7) is 0. The first-order valence-electron chi connectivity index (χ1n) is 19.2. The smallest absolute Gasteiger partial charge is 0.0934 e. The van der Waals surface area contributed by atoms with Crippen molar-refractivity contribution >= 4 is 119 Å². The van der Waals surface area contributed by atoms with E-state index in [1.54, 1.807) is 6.08 Å². The van der Waals surface area contributed by atoms with Gasteiger partial charge >= 0.3 is 0 Å². The van der Waals surface area contributed by atoms with Gasteiger partial charge in [0.15, 0.2) is 0 Å². The second kappa shape index (κ2) is 12.3. The van der Waals surface area contributed by atoms with Crippen LogP contribution in [-0.2, 0) is 0 Å². The minimum Gasteiger partial charge on any atom is -0.354 e. The zero-order valence-electron chi connectivity index (χ0n) is 30.6. The number of nitrogens with zero attached hydrogens (tertiary/aromatic N) is 2. The van der Waals surface area contributed by atoms with E-state index in [9.17, 15) is 5.26 Å². The van der Waals surface area contributed by atoms with Gasteiger partial charge in [0.05, 0.1) is 22.8 Å². The Hall–Kier alpha value is -7.45. The summed E-state index contributed by atoms with van der Waals surface area (Å²) in [4.78, 5) is 0. The summed E-state index contributed by atoms with van der Waals surface area (Å²) in [5, 5.41) is 30.8. The predicted octanol–water partition coefficient (Wildman–Crippen LogP) is 14.9. The Balaban J connectivity index is 1.22. The molecule has 0 amide bonds. The number of allylic oxidation sites excluding steroid dienone is 1. The average molecular weight is 742 g/mol. The standard InChI is InChI=1S/C53H31N3S/c54-29-28-47(55-34-14-2-1-3-15-34)46-31-45-36-16-6-4-12-32(36)22-25-38(45)44-30-35(24-27-39(44)46)56-48-21-11-10-20-42(48)49-50-43-26-23-33-13-5-7-17-37(33)52(43)57-53(50)41-19-9-8-18-40(41)51(49)56/h1-28,30-31,55H/b47-28-. The number of benzene rings is 10. The molecule has 0 aliphatic carbocycles. The Morgan fingerprint density at radius 1 is 0.491 bits per heavy atom. The molecule has 3 nitrogen and oxygen atoms in total. The second-order valence-corrected chi connectivity index (χ2v) is 15.8. The Labute approximate surface area is 331 Å². The first-order valence-corrected chi connectivity index (χ1v) is 20.1. The van der Waals surface area contributed by atoms with Crippen LogP contribution in [0.3, 0.4) is 0 Å². The van der Waals surface area contributed by atoms with Crippen LogP contribution < -0.4 is 5.32 Å². The average Bonchev–Trinajstić information content (AvgIpc) is 3.83. The first-order chi connectivity index (χ1) is 28.2. The number of rotatable bonds is 4. The number of fused-ring (bicyclic) bond motifs is 17. The van der Waals surface area contributed by atoms with Gasteiger partial charge in [-0.25, -0.2) is 0 Å². The molecule has 2 heterocycles. The zero-order chi connectivity index (χ0) is 37.6. The fraction of sp³-hybridized carbons (Fsp3) is 0. The fourth-order valence-electron chi connectivity index (χ4n) is 9.35. The fourth-order valence-corrected chi connectivity index (χ4v) is 10.7. The molecule has 57 heavy (non-hydrogen) atoms. The third-order valence-corrected chi connectivity index (χ3v) is 13.1. The quantitative estimate of drug-likeness (QED) is 0.144. The molecule has 12 rings (SSSR count). The van der Waals surface area contributed by atoms with E-state index in [0.29, 0.717) is 0 Å².